The van der Waals surface area contributed by atoms with Crippen LogP contribution in [0.3, 0.4) is 0 Å². The Morgan fingerprint density at radius 2 is 2.28 bits per heavy atom. The van der Waals surface area contributed by atoms with Crippen LogP contribution in [0.5, 0.6) is 0 Å². The molecule has 0 saturated carbocycles. The van der Waals surface area contributed by atoms with E-state index in [1.807, 2.05) is 6.07 Å². The molecule has 0 aliphatic rings. The van der Waals surface area contributed by atoms with Gasteiger partial charge in [-0.3, -0.25) is 4.79 Å². The van der Waals surface area contributed by atoms with Crippen molar-refractivity contribution in [3.8, 4) is 6.07 Å². The SMILES string of the molecule is CC(C)CC(CN)NC(=O)c1ccc(C#N)cn1. The first-order valence-electron chi connectivity index (χ1n) is 5.94. The van der Waals surface area contributed by atoms with Crippen molar-refractivity contribution in [2.75, 3.05) is 6.54 Å². The van der Waals surface area contributed by atoms with Gasteiger partial charge in [0.05, 0.1) is 5.56 Å². The maximum absolute atomic E-state index is 11.9. The van der Waals surface area contributed by atoms with Gasteiger partial charge < -0.3 is 11.1 Å². The van der Waals surface area contributed by atoms with Gasteiger partial charge in [0.2, 0.25) is 0 Å². The smallest absolute Gasteiger partial charge is 0.270 e. The molecule has 18 heavy (non-hydrogen) atoms. The summed E-state index contributed by atoms with van der Waals surface area (Å²) in [5.41, 5.74) is 6.35. The highest BCUT2D eigenvalue weighted by atomic mass is 16.1. The lowest BCUT2D eigenvalue weighted by Gasteiger charge is -2.18. The molecule has 1 aromatic heterocycles. The molecule has 1 aromatic rings. The third-order valence-electron chi connectivity index (χ3n) is 2.50. The van der Waals surface area contributed by atoms with Crippen LogP contribution in [0, 0.1) is 17.2 Å². The number of aromatic nitrogens is 1. The second kappa shape index (κ2) is 6.72. The molecule has 0 saturated heterocycles. The van der Waals surface area contributed by atoms with E-state index in [4.69, 9.17) is 11.0 Å². The molecule has 1 atom stereocenters. The second-order valence-electron chi connectivity index (χ2n) is 4.58. The maximum atomic E-state index is 11.9. The summed E-state index contributed by atoms with van der Waals surface area (Å²) in [6.07, 6.45) is 2.22. The predicted octanol–water partition coefficient (Wildman–Crippen LogP) is 1.06. The van der Waals surface area contributed by atoms with Crippen LogP contribution in [-0.2, 0) is 0 Å². The minimum absolute atomic E-state index is 0.0463. The van der Waals surface area contributed by atoms with E-state index < -0.39 is 0 Å². The van der Waals surface area contributed by atoms with Crippen molar-refractivity contribution >= 4 is 5.91 Å². The molecule has 0 aliphatic carbocycles. The number of pyridine rings is 1. The molecular weight excluding hydrogens is 228 g/mol. The molecule has 0 aliphatic heterocycles. The fraction of sp³-hybridized carbons (Fsp3) is 0.462. The van der Waals surface area contributed by atoms with Crippen molar-refractivity contribution in [2.45, 2.75) is 26.3 Å². The lowest BCUT2D eigenvalue weighted by atomic mass is 10.0. The molecule has 0 radical (unpaired) electrons. The van der Waals surface area contributed by atoms with Crippen LogP contribution in [0.1, 0.15) is 36.3 Å². The number of hydrogen-bond donors (Lipinski definition) is 2. The van der Waals surface area contributed by atoms with Gasteiger partial charge in [-0.25, -0.2) is 4.98 Å². The van der Waals surface area contributed by atoms with Gasteiger partial charge in [0.1, 0.15) is 11.8 Å². The Morgan fingerprint density at radius 1 is 1.56 bits per heavy atom. The minimum Gasteiger partial charge on any atom is -0.347 e. The number of rotatable bonds is 5. The van der Waals surface area contributed by atoms with E-state index in [1.165, 1.54) is 12.3 Å². The zero-order valence-electron chi connectivity index (χ0n) is 10.7. The number of nitriles is 1. The van der Waals surface area contributed by atoms with Gasteiger partial charge in [-0.1, -0.05) is 13.8 Å². The van der Waals surface area contributed by atoms with Gasteiger partial charge in [-0.05, 0) is 24.5 Å². The number of nitrogens with zero attached hydrogens (tertiary/aromatic N) is 2. The van der Waals surface area contributed by atoms with E-state index in [1.54, 1.807) is 6.07 Å². The topological polar surface area (TPSA) is 91.8 Å². The average molecular weight is 246 g/mol. The molecule has 1 rings (SSSR count). The summed E-state index contributed by atoms with van der Waals surface area (Å²) in [6, 6.07) is 5.02. The van der Waals surface area contributed by atoms with Crippen molar-refractivity contribution in [3.63, 3.8) is 0 Å². The van der Waals surface area contributed by atoms with Crippen molar-refractivity contribution in [1.82, 2.24) is 10.3 Å². The summed E-state index contributed by atoms with van der Waals surface area (Å²) in [7, 11) is 0. The van der Waals surface area contributed by atoms with Crippen LogP contribution in [0.15, 0.2) is 18.3 Å². The third kappa shape index (κ3) is 4.15. The van der Waals surface area contributed by atoms with Crippen molar-refractivity contribution in [1.29, 1.82) is 5.26 Å². The molecule has 0 aromatic carbocycles. The first kappa shape index (κ1) is 14.1. The predicted molar refractivity (Wildman–Crippen MR) is 68.7 cm³/mol. The van der Waals surface area contributed by atoms with Gasteiger partial charge in [-0.2, -0.15) is 5.26 Å². The van der Waals surface area contributed by atoms with Crippen LogP contribution in [0.25, 0.3) is 0 Å². The van der Waals surface area contributed by atoms with Crippen LogP contribution >= 0.6 is 0 Å². The highest BCUT2D eigenvalue weighted by Crippen LogP contribution is 2.05. The molecule has 0 spiro atoms. The standard InChI is InChI=1S/C13H18N4O/c1-9(2)5-11(7-15)17-13(18)12-4-3-10(6-14)8-16-12/h3-4,8-9,11H,5,7,15H2,1-2H3,(H,17,18). The summed E-state index contributed by atoms with van der Waals surface area (Å²) in [5.74, 6) is 0.211. The molecule has 1 amide bonds. The summed E-state index contributed by atoms with van der Waals surface area (Å²) in [5, 5.41) is 11.5. The van der Waals surface area contributed by atoms with E-state index in [-0.39, 0.29) is 11.9 Å². The van der Waals surface area contributed by atoms with Crippen LogP contribution in [0.4, 0.5) is 0 Å². The fourth-order valence-electron chi connectivity index (χ4n) is 1.64. The number of carbonyl (C=O) groups is 1. The van der Waals surface area contributed by atoms with Gasteiger partial charge >= 0.3 is 0 Å². The van der Waals surface area contributed by atoms with Crippen molar-refractivity contribution < 1.29 is 4.79 Å². The second-order valence-corrected chi connectivity index (χ2v) is 4.58. The monoisotopic (exact) mass is 246 g/mol. The molecule has 96 valence electrons. The van der Waals surface area contributed by atoms with Crippen LogP contribution < -0.4 is 11.1 Å². The Bertz CT molecular complexity index is 433. The van der Waals surface area contributed by atoms with Crippen LogP contribution in [-0.4, -0.2) is 23.5 Å². The number of nitrogens with one attached hydrogen (secondary N) is 1. The number of nitrogens with two attached hydrogens (primary N) is 1. The lowest BCUT2D eigenvalue weighted by Crippen LogP contribution is -2.41. The molecule has 3 N–H and O–H groups in total. The fourth-order valence-corrected chi connectivity index (χ4v) is 1.64. The van der Waals surface area contributed by atoms with Gasteiger partial charge in [0.25, 0.3) is 5.91 Å². The molecular formula is C13H18N4O. The van der Waals surface area contributed by atoms with Gasteiger partial charge in [-0.15, -0.1) is 0 Å². The van der Waals surface area contributed by atoms with Crippen LogP contribution in [0.2, 0.25) is 0 Å². The summed E-state index contributed by atoms with van der Waals surface area (Å²) in [6.45, 7) is 4.56. The Kier molecular flexibility index (Phi) is 5.28. The van der Waals surface area contributed by atoms with Crippen molar-refractivity contribution in [3.05, 3.63) is 29.6 Å². The third-order valence-corrected chi connectivity index (χ3v) is 2.50. The van der Waals surface area contributed by atoms with Crippen molar-refractivity contribution in [2.24, 2.45) is 11.7 Å². The van der Waals surface area contributed by atoms with E-state index in [0.717, 1.165) is 6.42 Å². The molecule has 1 unspecified atom stereocenters. The molecule has 5 nitrogen and oxygen atoms in total. The first-order chi connectivity index (χ1) is 8.56. The Balaban J connectivity index is 2.66. The Hall–Kier alpha value is -1.93. The van der Waals surface area contributed by atoms with E-state index in [9.17, 15) is 4.79 Å². The molecule has 1 heterocycles. The summed E-state index contributed by atoms with van der Waals surface area (Å²) in [4.78, 5) is 15.8. The lowest BCUT2D eigenvalue weighted by molar-refractivity contribution is 0.0928. The van der Waals surface area contributed by atoms with Gasteiger partial charge in [0, 0.05) is 18.8 Å². The summed E-state index contributed by atoms with van der Waals surface area (Å²) >= 11 is 0. The zero-order chi connectivity index (χ0) is 13.5. The largest absolute Gasteiger partial charge is 0.347 e. The number of amides is 1. The van der Waals surface area contributed by atoms with E-state index in [0.29, 0.717) is 23.7 Å². The minimum atomic E-state index is -0.254. The van der Waals surface area contributed by atoms with E-state index in [2.05, 4.69) is 24.1 Å². The number of carbonyl (C=O) groups excluding carboxylic acids is 1. The highest BCUT2D eigenvalue weighted by Gasteiger charge is 2.14. The summed E-state index contributed by atoms with van der Waals surface area (Å²) < 4.78 is 0. The normalized spacial score (nSPS) is 11.9. The quantitative estimate of drug-likeness (QED) is 0.812. The zero-order valence-corrected chi connectivity index (χ0v) is 10.7. The Labute approximate surface area is 107 Å². The molecule has 5 heteroatoms. The van der Waals surface area contributed by atoms with E-state index >= 15 is 0 Å². The maximum Gasteiger partial charge on any atom is 0.270 e. The Morgan fingerprint density at radius 3 is 2.72 bits per heavy atom. The van der Waals surface area contributed by atoms with Gasteiger partial charge in [0.15, 0.2) is 0 Å². The first-order valence-corrected chi connectivity index (χ1v) is 5.94. The average Bonchev–Trinajstić information content (AvgIpc) is 2.37. The molecule has 0 bridgehead atoms. The highest BCUT2D eigenvalue weighted by molar-refractivity contribution is 5.92. The molecule has 0 fully saturated rings. The number of hydrogen-bond acceptors (Lipinski definition) is 4.